The average molecular weight is 783 g/mol. The summed E-state index contributed by atoms with van der Waals surface area (Å²) < 4.78 is 179. The molecule has 0 radical (unpaired) electrons. The Balaban J connectivity index is 1.32. The molecule has 0 saturated carbocycles. The Labute approximate surface area is 286 Å². The molecule has 1 aliphatic rings. The highest BCUT2D eigenvalue weighted by molar-refractivity contribution is 7.58. The van der Waals surface area contributed by atoms with Crippen molar-refractivity contribution in [2.75, 3.05) is 0 Å². The number of thiophene rings is 2. The van der Waals surface area contributed by atoms with E-state index in [9.17, 15) is 52.7 Å². The van der Waals surface area contributed by atoms with Crippen LogP contribution < -0.4 is 0 Å². The van der Waals surface area contributed by atoms with Gasteiger partial charge in [0.25, 0.3) is 0 Å². The lowest BCUT2D eigenvalue weighted by Gasteiger charge is -2.16. The van der Waals surface area contributed by atoms with Crippen molar-refractivity contribution in [1.29, 1.82) is 0 Å². The Kier molecular flexibility index (Phi) is 8.03. The molecule has 0 unspecified atom stereocenters. The summed E-state index contributed by atoms with van der Waals surface area (Å²) in [6.45, 7) is 0. The molecule has 50 heavy (non-hydrogen) atoms. The van der Waals surface area contributed by atoms with Crippen LogP contribution in [0.3, 0.4) is 0 Å². The van der Waals surface area contributed by atoms with E-state index < -0.39 is 47.0 Å². The molecule has 0 bridgehead atoms. The van der Waals surface area contributed by atoms with E-state index in [0.29, 0.717) is 67.6 Å². The second kappa shape index (κ2) is 11.7. The molecule has 20 heteroatoms. The zero-order chi connectivity index (χ0) is 36.0. The summed E-state index contributed by atoms with van der Waals surface area (Å²) in [5.41, 5.74) is -5.54. The van der Waals surface area contributed by atoms with Crippen LogP contribution in [0.4, 0.5) is 64.1 Å². The minimum atomic E-state index is -5.28. The van der Waals surface area contributed by atoms with Crippen LogP contribution in [0.2, 0.25) is 0 Å². The highest BCUT2D eigenvalue weighted by Gasteiger charge is 2.44. The number of fused-ring (bicyclic) bond motifs is 2. The van der Waals surface area contributed by atoms with E-state index in [1.807, 2.05) is 0 Å². The van der Waals surface area contributed by atoms with E-state index in [1.165, 1.54) is 12.1 Å². The summed E-state index contributed by atoms with van der Waals surface area (Å²) in [6, 6.07) is 9.49. The largest absolute Gasteiger partial charge is 0.417 e. The number of alkyl halides is 12. The second-order valence-corrected chi connectivity index (χ2v) is 13.7. The molecule has 258 valence electrons. The average Bonchev–Trinajstić information content (AvgIpc) is 3.85. The van der Waals surface area contributed by atoms with Crippen LogP contribution in [0.1, 0.15) is 22.3 Å². The smallest absolute Gasteiger partial charge is 0.172 e. The van der Waals surface area contributed by atoms with Crippen molar-refractivity contribution in [3.63, 3.8) is 0 Å². The Hall–Kier alpha value is -4.14. The van der Waals surface area contributed by atoms with E-state index >= 15 is 0 Å². The van der Waals surface area contributed by atoms with Crippen LogP contribution in [0.5, 0.6) is 0 Å². The van der Waals surface area contributed by atoms with Crippen LogP contribution in [0.15, 0.2) is 69.4 Å². The van der Waals surface area contributed by atoms with Crippen molar-refractivity contribution in [2.24, 2.45) is 8.73 Å². The van der Waals surface area contributed by atoms with Crippen molar-refractivity contribution in [3.8, 4) is 41.8 Å². The van der Waals surface area contributed by atoms with Crippen molar-refractivity contribution in [1.82, 2.24) is 8.75 Å². The first-order chi connectivity index (χ1) is 23.3. The van der Waals surface area contributed by atoms with Gasteiger partial charge in [-0.1, -0.05) is 12.1 Å². The standard InChI is InChI=1S/C30H10F12N4S4/c31-27(32,33)13-3-1-11(9-15(13)29(37,38)39)17-5-7-19(47-17)21-23-25(45-49-43-23)22(26-24(21)44-50-46-26)20-8-6-18(48-20)12-2-4-14(28(34,35)36)16(10-12)30(40,41)42/h1-10H. The number of nitrogens with zero attached hydrogens (tertiary/aromatic N) is 4. The summed E-state index contributed by atoms with van der Waals surface area (Å²) in [4.78, 5) is 1.31. The number of halogens is 12. The van der Waals surface area contributed by atoms with Crippen LogP contribution in [0, 0.1) is 0 Å². The molecule has 0 spiro atoms. The van der Waals surface area contributed by atoms with Gasteiger partial charge >= 0.3 is 24.7 Å². The van der Waals surface area contributed by atoms with Crippen molar-refractivity contribution in [2.45, 2.75) is 24.7 Å². The van der Waals surface area contributed by atoms with Crippen molar-refractivity contribution in [3.05, 3.63) is 82.9 Å². The van der Waals surface area contributed by atoms with Crippen molar-refractivity contribution < 1.29 is 52.7 Å². The summed E-state index contributed by atoms with van der Waals surface area (Å²) in [5, 5.41) is 0. The highest BCUT2D eigenvalue weighted by atomic mass is 32.1. The first-order valence-corrected chi connectivity index (χ1v) is 16.6. The van der Waals surface area contributed by atoms with Gasteiger partial charge in [-0.25, -0.2) is 0 Å². The number of hydrogen-bond acceptors (Lipinski definition) is 7. The second-order valence-electron chi connectivity index (χ2n) is 10.5. The number of benzene rings is 3. The molecule has 0 fully saturated rings. The summed E-state index contributed by atoms with van der Waals surface area (Å²) >= 11 is 3.55. The molecule has 0 atom stereocenters. The zero-order valence-electron chi connectivity index (χ0n) is 23.7. The monoisotopic (exact) mass is 782 g/mol. The molecule has 4 nitrogen and oxygen atoms in total. The van der Waals surface area contributed by atoms with Gasteiger partial charge in [0.15, 0.2) is 0 Å². The van der Waals surface area contributed by atoms with Gasteiger partial charge in [-0.15, -0.1) is 22.7 Å². The molecule has 7 rings (SSSR count). The van der Waals surface area contributed by atoms with Crippen LogP contribution in [-0.4, -0.2) is 8.75 Å². The van der Waals surface area contributed by atoms with Gasteiger partial charge < -0.3 is 0 Å². The van der Waals surface area contributed by atoms with Crippen LogP contribution >= 0.6 is 34.4 Å². The minimum absolute atomic E-state index is 0.110. The number of rotatable bonds is 4. The van der Waals surface area contributed by atoms with Gasteiger partial charge in [-0.2, -0.15) is 70.2 Å². The predicted molar refractivity (Wildman–Crippen MR) is 166 cm³/mol. The van der Waals surface area contributed by atoms with Gasteiger partial charge in [0.1, 0.15) is 22.4 Å². The first kappa shape index (κ1) is 34.3. The molecule has 0 aliphatic carbocycles. The molecular formula is C30H10F12N4S4. The molecule has 1 aliphatic heterocycles. The lowest BCUT2D eigenvalue weighted by atomic mass is 10.0. The molecular weight excluding hydrogens is 773 g/mol. The Morgan fingerprint density at radius 2 is 0.780 bits per heavy atom. The normalized spacial score (nSPS) is 13.7. The molecule has 0 amide bonds. The Morgan fingerprint density at radius 1 is 0.420 bits per heavy atom. The quantitative estimate of drug-likeness (QED) is 0.167. The third kappa shape index (κ3) is 6.00. The Morgan fingerprint density at radius 3 is 1.14 bits per heavy atom. The van der Waals surface area contributed by atoms with Gasteiger partial charge in [0.2, 0.25) is 0 Å². The molecule has 3 aromatic heterocycles. The van der Waals surface area contributed by atoms with Gasteiger partial charge in [-0.05, 0) is 59.7 Å². The van der Waals surface area contributed by atoms with Crippen molar-refractivity contribution >= 4 is 68.2 Å². The maximum absolute atomic E-state index is 13.6. The SMILES string of the molecule is FC(F)(F)c1ccc(-c2ccc(-c3c4c(c(-c5ccc(-c6ccc(C(F)(F)F)c(C(F)(F)F)c6)s5)c5nsnc35)N=S=N4)s2)cc1C(F)(F)F. The zero-order valence-corrected chi connectivity index (χ0v) is 27.0. The minimum Gasteiger partial charge on any atom is -0.172 e. The number of aromatic nitrogens is 2. The van der Waals surface area contributed by atoms with E-state index in [-0.39, 0.29) is 20.9 Å². The Bertz CT molecular complexity index is 2230. The summed E-state index contributed by atoms with van der Waals surface area (Å²) in [7, 11) is 0. The number of hydrogen-bond donors (Lipinski definition) is 0. The van der Waals surface area contributed by atoms with Crippen LogP contribution in [0.25, 0.3) is 52.8 Å². The third-order valence-corrected chi connectivity index (χ3v) is 10.8. The lowest BCUT2D eigenvalue weighted by molar-refractivity contribution is -0.162. The fraction of sp³-hybridized carbons (Fsp3) is 0.133. The molecule has 0 N–H and O–H groups in total. The van der Waals surface area contributed by atoms with Gasteiger partial charge in [0.05, 0.1) is 45.3 Å². The predicted octanol–water partition coefficient (Wildman–Crippen LogP) is 13.3. The molecule has 3 aromatic carbocycles. The molecule has 6 aromatic rings. The summed E-state index contributed by atoms with van der Waals surface area (Å²) in [6.07, 6.45) is -21.0. The maximum Gasteiger partial charge on any atom is 0.417 e. The fourth-order valence-corrected chi connectivity index (χ4v) is 8.56. The van der Waals surface area contributed by atoms with E-state index in [1.54, 1.807) is 12.1 Å². The van der Waals surface area contributed by atoms with Crippen LogP contribution in [-0.2, 0) is 36.1 Å². The topological polar surface area (TPSA) is 50.5 Å². The maximum atomic E-state index is 13.6. The molecule has 0 saturated heterocycles. The highest BCUT2D eigenvalue weighted by Crippen LogP contribution is 2.55. The van der Waals surface area contributed by atoms with Gasteiger partial charge in [0, 0.05) is 30.6 Å². The lowest BCUT2D eigenvalue weighted by Crippen LogP contribution is -2.16. The summed E-state index contributed by atoms with van der Waals surface area (Å²) in [5.74, 6) is 0. The molecule has 4 heterocycles. The van der Waals surface area contributed by atoms with E-state index in [4.69, 9.17) is 0 Å². The van der Waals surface area contributed by atoms with E-state index in [0.717, 1.165) is 57.9 Å². The van der Waals surface area contributed by atoms with E-state index in [2.05, 4.69) is 17.5 Å². The third-order valence-electron chi connectivity index (χ3n) is 7.46. The van der Waals surface area contributed by atoms with Gasteiger partial charge in [-0.3, -0.25) is 0 Å². The fourth-order valence-electron chi connectivity index (χ4n) is 5.34. The first-order valence-electron chi connectivity index (χ1n) is 13.5.